The second-order valence-corrected chi connectivity index (χ2v) is 8.20. The highest BCUT2D eigenvalue weighted by molar-refractivity contribution is 6.45. The molecule has 31 heavy (non-hydrogen) atoms. The smallest absolute Gasteiger partial charge is 0.376 e. The zero-order valence-corrected chi connectivity index (χ0v) is 17.7. The van der Waals surface area contributed by atoms with Gasteiger partial charge in [0.1, 0.15) is 11.6 Å². The summed E-state index contributed by atoms with van der Waals surface area (Å²) in [6, 6.07) is 10.2. The number of hydrogen-bond donors (Lipinski definition) is 3. The zero-order valence-electron chi connectivity index (χ0n) is 17.7. The maximum atomic E-state index is 14.6. The Balaban J connectivity index is 1.71. The molecule has 1 saturated heterocycles. The number of carbonyl (C=O) groups is 1. The van der Waals surface area contributed by atoms with Crippen molar-refractivity contribution in [3.8, 4) is 11.1 Å². The summed E-state index contributed by atoms with van der Waals surface area (Å²) in [5.74, 6) is -0.233. The van der Waals surface area contributed by atoms with Gasteiger partial charge in [0, 0.05) is 28.8 Å². The van der Waals surface area contributed by atoms with Crippen LogP contribution in [0.4, 0.5) is 10.2 Å². The van der Waals surface area contributed by atoms with Crippen LogP contribution in [0.2, 0.25) is 6.82 Å². The summed E-state index contributed by atoms with van der Waals surface area (Å²) in [5.41, 5.74) is 8.23. The predicted molar refractivity (Wildman–Crippen MR) is 122 cm³/mol. The fourth-order valence-electron chi connectivity index (χ4n) is 4.28. The van der Waals surface area contributed by atoms with E-state index in [1.165, 1.54) is 6.07 Å². The Bertz CT molecular complexity index is 1110. The lowest BCUT2D eigenvalue weighted by atomic mass is 9.82. The molecule has 8 heteroatoms. The molecule has 3 aromatic rings. The minimum atomic E-state index is -0.489. The molecular formula is C23H26BFN4O2. The third-order valence-electron chi connectivity index (χ3n) is 6.01. The van der Waals surface area contributed by atoms with E-state index in [1.54, 1.807) is 31.2 Å². The fourth-order valence-corrected chi connectivity index (χ4v) is 4.28. The summed E-state index contributed by atoms with van der Waals surface area (Å²) in [5, 5.41) is 14.3. The van der Waals surface area contributed by atoms with Crippen molar-refractivity contribution in [2.45, 2.75) is 32.6 Å². The minimum absolute atomic E-state index is 0.00980. The molecule has 0 bridgehead atoms. The van der Waals surface area contributed by atoms with Gasteiger partial charge in [-0.05, 0) is 80.5 Å². The molecule has 1 amide bonds. The summed E-state index contributed by atoms with van der Waals surface area (Å²) in [6.07, 6.45) is 3.12. The number of aryl methyl sites for hydroxylation is 1. The Labute approximate surface area is 181 Å². The quantitative estimate of drug-likeness (QED) is 0.564. The molecule has 0 unspecified atom stereocenters. The van der Waals surface area contributed by atoms with E-state index < -0.39 is 7.05 Å². The Morgan fingerprint density at radius 1 is 1.29 bits per heavy atom. The van der Waals surface area contributed by atoms with E-state index in [1.807, 2.05) is 23.9 Å². The summed E-state index contributed by atoms with van der Waals surface area (Å²) in [7, 11) is -0.489. The molecule has 4 N–H and O–H groups in total. The van der Waals surface area contributed by atoms with E-state index in [4.69, 9.17) is 5.73 Å². The Kier molecular flexibility index (Phi) is 5.93. The molecule has 0 radical (unpaired) electrons. The number of hydrogen-bond acceptors (Lipinski definition) is 5. The van der Waals surface area contributed by atoms with Crippen LogP contribution in [0, 0.1) is 12.7 Å². The molecule has 1 aliphatic rings. The highest BCUT2D eigenvalue weighted by Crippen LogP contribution is 2.32. The van der Waals surface area contributed by atoms with E-state index >= 15 is 0 Å². The number of rotatable bonds is 4. The fraction of sp³-hybridized carbons (Fsp3) is 0.304. The molecule has 0 aliphatic carbocycles. The first-order valence-electron chi connectivity index (χ1n) is 10.5. The van der Waals surface area contributed by atoms with Gasteiger partial charge in [0.15, 0.2) is 0 Å². The molecule has 1 fully saturated rings. The monoisotopic (exact) mass is 420 g/mol. The van der Waals surface area contributed by atoms with Crippen molar-refractivity contribution in [1.82, 2.24) is 15.1 Å². The summed E-state index contributed by atoms with van der Waals surface area (Å²) < 4.78 is 14.6. The van der Waals surface area contributed by atoms with Gasteiger partial charge in [0.25, 0.3) is 5.91 Å². The third-order valence-corrected chi connectivity index (χ3v) is 6.01. The first-order valence-corrected chi connectivity index (χ1v) is 10.5. The lowest BCUT2D eigenvalue weighted by molar-refractivity contribution is 0.0924. The normalized spacial score (nSPS) is 15.2. The van der Waals surface area contributed by atoms with Crippen LogP contribution < -0.4 is 11.1 Å². The second-order valence-electron chi connectivity index (χ2n) is 8.20. The van der Waals surface area contributed by atoms with Crippen LogP contribution >= 0.6 is 0 Å². The summed E-state index contributed by atoms with van der Waals surface area (Å²) in [4.78, 5) is 19.4. The minimum Gasteiger partial charge on any atom is -0.437 e. The molecule has 0 atom stereocenters. The molecule has 1 aliphatic heterocycles. The largest absolute Gasteiger partial charge is 0.437 e. The Hall–Kier alpha value is -2.97. The Morgan fingerprint density at radius 2 is 2.03 bits per heavy atom. The molecule has 4 rings (SSSR count). The van der Waals surface area contributed by atoms with Crippen molar-refractivity contribution in [3.05, 3.63) is 59.5 Å². The van der Waals surface area contributed by atoms with Crippen molar-refractivity contribution in [2.75, 3.05) is 18.8 Å². The van der Waals surface area contributed by atoms with Gasteiger partial charge in [0.05, 0.1) is 0 Å². The van der Waals surface area contributed by atoms with Gasteiger partial charge in [-0.15, -0.1) is 0 Å². The predicted octanol–water partition coefficient (Wildman–Crippen LogP) is 3.24. The van der Waals surface area contributed by atoms with Crippen LogP contribution in [0.3, 0.4) is 0 Å². The summed E-state index contributed by atoms with van der Waals surface area (Å²) in [6.45, 7) is 5.03. The standard InChI is InChI=1S/C23H26BFN4O2/c1-14-4-3-5-20(25)22(14)15-10-16-13-27-21(26)12-18(16)19(11-15)23(30)28-17-6-8-29(9-7-17)24(2)31/h3-5,10-13,17,31H,6-9H2,1-2H3,(H2,26,27)(H,28,30). The number of halogens is 1. The number of carbonyl (C=O) groups excluding carboxylic acids is 1. The van der Waals surface area contributed by atoms with Crippen molar-refractivity contribution in [1.29, 1.82) is 0 Å². The van der Waals surface area contributed by atoms with Gasteiger partial charge in [-0.3, -0.25) is 4.79 Å². The van der Waals surface area contributed by atoms with Crippen molar-refractivity contribution in [3.63, 3.8) is 0 Å². The maximum absolute atomic E-state index is 14.6. The first kappa shape index (κ1) is 21.3. The van der Waals surface area contributed by atoms with E-state index in [0.717, 1.165) is 23.8 Å². The topological polar surface area (TPSA) is 91.5 Å². The van der Waals surface area contributed by atoms with E-state index in [9.17, 15) is 14.2 Å². The highest BCUT2D eigenvalue weighted by atomic mass is 19.1. The average molecular weight is 420 g/mol. The molecule has 160 valence electrons. The van der Waals surface area contributed by atoms with Crippen molar-refractivity contribution >= 4 is 29.5 Å². The Morgan fingerprint density at radius 3 is 2.71 bits per heavy atom. The van der Waals surface area contributed by atoms with Crippen LogP contribution in [-0.2, 0) is 0 Å². The van der Waals surface area contributed by atoms with Gasteiger partial charge in [-0.25, -0.2) is 9.37 Å². The van der Waals surface area contributed by atoms with Gasteiger partial charge >= 0.3 is 7.05 Å². The molecule has 0 spiro atoms. The zero-order chi connectivity index (χ0) is 22.1. The molecule has 2 heterocycles. The number of nitrogens with one attached hydrogen (secondary N) is 1. The number of piperidine rings is 1. The number of benzene rings is 2. The number of amides is 1. The number of fused-ring (bicyclic) bond motifs is 1. The van der Waals surface area contributed by atoms with E-state index in [0.29, 0.717) is 41.0 Å². The SMILES string of the molecule is CB(O)N1CCC(NC(=O)c2cc(-c3c(C)cccc3F)cc3cnc(N)cc23)CC1. The lowest BCUT2D eigenvalue weighted by Crippen LogP contribution is -2.49. The van der Waals surface area contributed by atoms with Gasteiger partial charge in [0.2, 0.25) is 0 Å². The number of aromatic nitrogens is 1. The maximum Gasteiger partial charge on any atom is 0.376 e. The van der Waals surface area contributed by atoms with Crippen molar-refractivity contribution < 1.29 is 14.2 Å². The molecule has 6 nitrogen and oxygen atoms in total. The van der Waals surface area contributed by atoms with Gasteiger partial charge in [-0.1, -0.05) is 12.1 Å². The summed E-state index contributed by atoms with van der Waals surface area (Å²) >= 11 is 0. The first-order chi connectivity index (χ1) is 14.8. The number of nitrogens with two attached hydrogens (primary N) is 1. The molecule has 2 aromatic carbocycles. The number of anilines is 1. The van der Waals surface area contributed by atoms with Crippen LogP contribution in [0.15, 0.2) is 42.6 Å². The van der Waals surface area contributed by atoms with Gasteiger partial charge < -0.3 is 20.9 Å². The molecule has 0 saturated carbocycles. The van der Waals surface area contributed by atoms with Crippen LogP contribution in [0.5, 0.6) is 0 Å². The third kappa shape index (κ3) is 4.40. The number of nitrogens with zero attached hydrogens (tertiary/aromatic N) is 2. The molecule has 1 aromatic heterocycles. The van der Waals surface area contributed by atoms with Crippen LogP contribution in [0.1, 0.15) is 28.8 Å². The van der Waals surface area contributed by atoms with Gasteiger partial charge in [-0.2, -0.15) is 0 Å². The number of pyridine rings is 1. The van der Waals surface area contributed by atoms with E-state index in [-0.39, 0.29) is 17.8 Å². The lowest BCUT2D eigenvalue weighted by Gasteiger charge is -2.33. The van der Waals surface area contributed by atoms with Crippen LogP contribution in [0.25, 0.3) is 21.9 Å². The number of nitrogen functional groups attached to an aromatic ring is 1. The second kappa shape index (κ2) is 8.65. The van der Waals surface area contributed by atoms with Crippen molar-refractivity contribution in [2.24, 2.45) is 0 Å². The van der Waals surface area contributed by atoms with E-state index in [2.05, 4.69) is 10.3 Å². The average Bonchev–Trinajstić information content (AvgIpc) is 2.73. The van der Waals surface area contributed by atoms with Crippen LogP contribution in [-0.4, -0.2) is 46.9 Å². The highest BCUT2D eigenvalue weighted by Gasteiger charge is 2.26. The molecular weight excluding hydrogens is 394 g/mol.